The lowest BCUT2D eigenvalue weighted by molar-refractivity contribution is -0.139. The summed E-state index contributed by atoms with van der Waals surface area (Å²) in [6, 6.07) is 9.16. The predicted molar refractivity (Wildman–Crippen MR) is 125 cm³/mol. The second-order valence-electron chi connectivity index (χ2n) is 8.38. The zero-order chi connectivity index (χ0) is 23.6. The largest absolute Gasteiger partial charge is 0.487 e. The van der Waals surface area contributed by atoms with Crippen LogP contribution in [-0.2, 0) is 9.53 Å². The quantitative estimate of drug-likeness (QED) is 0.659. The fraction of sp³-hybridized carbons (Fsp3) is 0.385. The summed E-state index contributed by atoms with van der Waals surface area (Å²) >= 11 is 0. The summed E-state index contributed by atoms with van der Waals surface area (Å²) in [4.78, 5) is 27.4. The first-order valence-electron chi connectivity index (χ1n) is 10.9. The van der Waals surface area contributed by atoms with Crippen molar-refractivity contribution < 1.29 is 19.1 Å². The van der Waals surface area contributed by atoms with E-state index in [0.717, 1.165) is 39.1 Å². The van der Waals surface area contributed by atoms with Crippen molar-refractivity contribution in [2.75, 3.05) is 20.3 Å². The average Bonchev–Trinajstić information content (AvgIpc) is 2.73. The van der Waals surface area contributed by atoms with Crippen LogP contribution in [0.25, 0.3) is 0 Å². The number of benzene rings is 2. The predicted octanol–water partition coefficient (Wildman–Crippen LogP) is 4.82. The Labute approximate surface area is 190 Å². The van der Waals surface area contributed by atoms with Crippen molar-refractivity contribution >= 4 is 12.0 Å². The van der Waals surface area contributed by atoms with Crippen molar-refractivity contribution in [2.45, 2.75) is 47.6 Å². The maximum Gasteiger partial charge on any atom is 0.338 e. The minimum absolute atomic E-state index is 0.0726. The maximum absolute atomic E-state index is 13.1. The van der Waals surface area contributed by atoms with Gasteiger partial charge in [0, 0.05) is 7.05 Å². The molecule has 0 spiro atoms. The van der Waals surface area contributed by atoms with Crippen LogP contribution in [0.3, 0.4) is 0 Å². The van der Waals surface area contributed by atoms with Crippen molar-refractivity contribution in [3.8, 4) is 5.75 Å². The molecule has 0 saturated carbocycles. The van der Waals surface area contributed by atoms with Gasteiger partial charge in [0.15, 0.2) is 0 Å². The topological polar surface area (TPSA) is 67.9 Å². The molecule has 1 N–H and O–H groups in total. The number of hydrogen-bond acceptors (Lipinski definition) is 4. The zero-order valence-corrected chi connectivity index (χ0v) is 20.0. The van der Waals surface area contributed by atoms with E-state index in [1.165, 1.54) is 4.90 Å². The van der Waals surface area contributed by atoms with Gasteiger partial charge in [0.25, 0.3) is 0 Å². The summed E-state index contributed by atoms with van der Waals surface area (Å²) in [6.45, 7) is 12.1. The number of carbonyl (C=O) groups excluding carboxylic acids is 2. The van der Waals surface area contributed by atoms with E-state index in [1.54, 1.807) is 14.0 Å². The van der Waals surface area contributed by atoms with E-state index in [1.807, 2.05) is 58.9 Å². The molecule has 6 nitrogen and oxygen atoms in total. The Morgan fingerprint density at radius 3 is 2.44 bits per heavy atom. The number of rotatable bonds is 6. The number of nitrogens with zero attached hydrogens (tertiary/aromatic N) is 1. The molecule has 0 saturated heterocycles. The van der Waals surface area contributed by atoms with Gasteiger partial charge in [-0.25, -0.2) is 9.59 Å². The lowest BCUT2D eigenvalue weighted by Crippen LogP contribution is -2.48. The molecule has 0 fully saturated rings. The van der Waals surface area contributed by atoms with Crippen molar-refractivity contribution in [3.63, 3.8) is 0 Å². The van der Waals surface area contributed by atoms with Crippen LogP contribution in [0.1, 0.15) is 46.3 Å². The number of ether oxygens (including phenoxy) is 2. The number of aryl methyl sites for hydroxylation is 4. The summed E-state index contributed by atoms with van der Waals surface area (Å²) in [5, 5.41) is 2.97. The summed E-state index contributed by atoms with van der Waals surface area (Å²) < 4.78 is 11.6. The standard InChI is InChI=1S/C26H32N2O4/c1-8-31-25(29)23-21(14-32-22-13-16(3)11-18(5)19(22)6)28(7)26(30)27-24(23)20-12-15(2)9-10-17(20)4/h9-13,24H,8,14H2,1-7H3,(H,27,30). The van der Waals surface area contributed by atoms with Gasteiger partial charge in [-0.2, -0.15) is 0 Å². The molecule has 0 aromatic heterocycles. The van der Waals surface area contributed by atoms with Crippen molar-refractivity contribution in [1.29, 1.82) is 0 Å². The third-order valence-corrected chi connectivity index (χ3v) is 5.95. The first-order chi connectivity index (χ1) is 15.1. The summed E-state index contributed by atoms with van der Waals surface area (Å²) in [6.07, 6.45) is 0. The van der Waals surface area contributed by atoms with Crippen LogP contribution in [0.15, 0.2) is 41.6 Å². The number of likely N-dealkylation sites (N-methyl/N-ethyl adjacent to an activating group) is 1. The smallest absolute Gasteiger partial charge is 0.338 e. The van der Waals surface area contributed by atoms with E-state index in [9.17, 15) is 9.59 Å². The fourth-order valence-corrected chi connectivity index (χ4v) is 3.98. The SMILES string of the molecule is CCOC(=O)C1=C(COc2cc(C)cc(C)c2C)N(C)C(=O)NC1c1cc(C)ccc1C. The average molecular weight is 437 g/mol. The van der Waals surface area contributed by atoms with Crippen LogP contribution in [-0.4, -0.2) is 37.2 Å². The van der Waals surface area contributed by atoms with E-state index in [4.69, 9.17) is 9.47 Å². The molecule has 1 aliphatic rings. The van der Waals surface area contributed by atoms with Gasteiger partial charge in [0.05, 0.1) is 23.9 Å². The lowest BCUT2D eigenvalue weighted by atomic mass is 9.90. The van der Waals surface area contributed by atoms with Gasteiger partial charge in [-0.1, -0.05) is 29.8 Å². The molecule has 6 heteroatoms. The second-order valence-corrected chi connectivity index (χ2v) is 8.38. The molecule has 2 amide bonds. The Hall–Kier alpha value is -3.28. The van der Waals surface area contributed by atoms with Crippen LogP contribution in [0.4, 0.5) is 4.79 Å². The molecule has 2 aromatic rings. The highest BCUT2D eigenvalue weighted by molar-refractivity contribution is 5.95. The summed E-state index contributed by atoms with van der Waals surface area (Å²) in [5.74, 6) is 0.280. The van der Waals surface area contributed by atoms with Crippen LogP contribution in [0, 0.1) is 34.6 Å². The second kappa shape index (κ2) is 9.47. The Morgan fingerprint density at radius 1 is 1.03 bits per heavy atom. The van der Waals surface area contributed by atoms with Gasteiger partial charge in [-0.15, -0.1) is 0 Å². The highest BCUT2D eigenvalue weighted by atomic mass is 16.5. The zero-order valence-electron chi connectivity index (χ0n) is 20.0. The number of hydrogen-bond donors (Lipinski definition) is 1. The van der Waals surface area contributed by atoms with E-state index >= 15 is 0 Å². The number of nitrogens with one attached hydrogen (secondary N) is 1. The summed E-state index contributed by atoms with van der Waals surface area (Å²) in [5.41, 5.74) is 7.04. The van der Waals surface area contributed by atoms with Gasteiger partial charge >= 0.3 is 12.0 Å². The van der Waals surface area contributed by atoms with Crippen molar-refractivity contribution in [3.05, 3.63) is 75.0 Å². The van der Waals surface area contributed by atoms with E-state index < -0.39 is 12.0 Å². The number of esters is 1. The van der Waals surface area contributed by atoms with Crippen molar-refractivity contribution in [1.82, 2.24) is 10.2 Å². The van der Waals surface area contributed by atoms with Crippen LogP contribution in [0.5, 0.6) is 5.75 Å². The molecule has 32 heavy (non-hydrogen) atoms. The molecular formula is C26H32N2O4. The van der Waals surface area contributed by atoms with Gasteiger partial charge in [0.2, 0.25) is 0 Å². The highest BCUT2D eigenvalue weighted by Crippen LogP contribution is 2.34. The Bertz CT molecular complexity index is 1090. The molecule has 1 atom stereocenters. The normalized spacial score (nSPS) is 16.2. The maximum atomic E-state index is 13.1. The van der Waals surface area contributed by atoms with Crippen LogP contribution in [0.2, 0.25) is 0 Å². The minimum Gasteiger partial charge on any atom is -0.487 e. The molecule has 2 aromatic carbocycles. The Morgan fingerprint density at radius 2 is 1.75 bits per heavy atom. The molecule has 3 rings (SSSR count). The minimum atomic E-state index is -0.614. The van der Waals surface area contributed by atoms with Crippen LogP contribution < -0.4 is 10.1 Å². The van der Waals surface area contributed by atoms with Crippen LogP contribution >= 0.6 is 0 Å². The molecule has 170 valence electrons. The van der Waals surface area contributed by atoms with E-state index in [2.05, 4.69) is 11.4 Å². The Kier molecular flexibility index (Phi) is 6.92. The van der Waals surface area contributed by atoms with Gasteiger partial charge in [-0.05, 0) is 75.4 Å². The number of carbonyl (C=O) groups is 2. The van der Waals surface area contributed by atoms with Gasteiger partial charge in [0.1, 0.15) is 12.4 Å². The molecule has 0 radical (unpaired) electrons. The number of amides is 2. The van der Waals surface area contributed by atoms with Gasteiger partial charge < -0.3 is 14.8 Å². The molecular weight excluding hydrogens is 404 g/mol. The van der Waals surface area contributed by atoms with E-state index in [0.29, 0.717) is 11.3 Å². The molecule has 0 aliphatic carbocycles. The lowest BCUT2D eigenvalue weighted by Gasteiger charge is -2.35. The molecule has 0 bridgehead atoms. The number of urea groups is 1. The van der Waals surface area contributed by atoms with Crippen molar-refractivity contribution in [2.24, 2.45) is 0 Å². The summed E-state index contributed by atoms with van der Waals surface area (Å²) in [7, 11) is 1.64. The third kappa shape index (κ3) is 4.64. The fourth-order valence-electron chi connectivity index (χ4n) is 3.98. The van der Waals surface area contributed by atoms with Gasteiger partial charge in [-0.3, -0.25) is 4.90 Å². The first-order valence-corrected chi connectivity index (χ1v) is 10.9. The third-order valence-electron chi connectivity index (χ3n) is 5.95. The van der Waals surface area contributed by atoms with E-state index in [-0.39, 0.29) is 19.2 Å². The molecule has 1 aliphatic heterocycles. The first kappa shape index (κ1) is 23.4. The molecule has 1 heterocycles. The monoisotopic (exact) mass is 436 g/mol. The Balaban J connectivity index is 2.11. The highest BCUT2D eigenvalue weighted by Gasteiger charge is 2.37. The molecule has 1 unspecified atom stereocenters.